The van der Waals surface area contributed by atoms with Gasteiger partial charge in [-0.2, -0.15) is 0 Å². The van der Waals surface area contributed by atoms with Crippen molar-refractivity contribution in [2.45, 2.75) is 9.92 Å². The molecule has 0 amide bonds. The van der Waals surface area contributed by atoms with E-state index in [0.29, 0.717) is 11.8 Å². The molecule has 2 rings (SSSR count). The number of carbonyl (C=O) groups is 1. The van der Waals surface area contributed by atoms with E-state index in [9.17, 15) is 19.3 Å². The van der Waals surface area contributed by atoms with E-state index in [1.165, 1.54) is 18.3 Å². The molecule has 1 aromatic heterocycles. The van der Waals surface area contributed by atoms with Gasteiger partial charge in [0.1, 0.15) is 5.82 Å². The number of hydrogen-bond acceptors (Lipinski definition) is 5. The van der Waals surface area contributed by atoms with Gasteiger partial charge in [-0.25, -0.2) is 14.2 Å². The van der Waals surface area contributed by atoms with Gasteiger partial charge in [-0.05, 0) is 24.3 Å². The SMILES string of the molecule is O=C(O)c1ccc(F)c(Sc2ncccc2[N+](=O)[O-])c1. The molecule has 1 N–H and O–H groups in total. The first-order chi connectivity index (χ1) is 9.49. The first-order valence-electron chi connectivity index (χ1n) is 5.29. The minimum atomic E-state index is -1.21. The lowest BCUT2D eigenvalue weighted by atomic mass is 10.2. The number of nitro groups is 1. The monoisotopic (exact) mass is 294 g/mol. The van der Waals surface area contributed by atoms with E-state index in [2.05, 4.69) is 4.98 Å². The van der Waals surface area contributed by atoms with Crippen molar-refractivity contribution in [1.29, 1.82) is 0 Å². The lowest BCUT2D eigenvalue weighted by Gasteiger charge is -2.04. The minimum absolute atomic E-state index is 0.000983. The Balaban J connectivity index is 2.42. The summed E-state index contributed by atoms with van der Waals surface area (Å²) in [5, 5.41) is 19.7. The summed E-state index contributed by atoms with van der Waals surface area (Å²) < 4.78 is 13.6. The number of benzene rings is 1. The first-order valence-corrected chi connectivity index (χ1v) is 6.11. The van der Waals surface area contributed by atoms with Gasteiger partial charge in [0.25, 0.3) is 0 Å². The fourth-order valence-electron chi connectivity index (χ4n) is 1.42. The average molecular weight is 294 g/mol. The number of carboxylic acids is 1. The second-order valence-electron chi connectivity index (χ2n) is 3.64. The zero-order valence-corrected chi connectivity index (χ0v) is 10.6. The summed E-state index contributed by atoms with van der Waals surface area (Å²) in [7, 11) is 0. The predicted molar refractivity (Wildman–Crippen MR) is 68.4 cm³/mol. The topological polar surface area (TPSA) is 93.3 Å². The quantitative estimate of drug-likeness (QED) is 0.688. The lowest BCUT2D eigenvalue weighted by Crippen LogP contribution is -1.98. The number of aromatic nitrogens is 1. The van der Waals surface area contributed by atoms with Crippen molar-refractivity contribution in [1.82, 2.24) is 4.98 Å². The fraction of sp³-hybridized carbons (Fsp3) is 0. The summed E-state index contributed by atoms with van der Waals surface area (Å²) in [6.07, 6.45) is 1.34. The molecular formula is C12H7FN2O4S. The highest BCUT2D eigenvalue weighted by Crippen LogP contribution is 2.34. The third-order valence-corrected chi connectivity index (χ3v) is 3.37. The van der Waals surface area contributed by atoms with E-state index in [-0.39, 0.29) is 21.2 Å². The number of hydrogen-bond donors (Lipinski definition) is 1. The van der Waals surface area contributed by atoms with Crippen molar-refractivity contribution in [3.63, 3.8) is 0 Å². The molecule has 0 saturated carbocycles. The van der Waals surface area contributed by atoms with Crippen LogP contribution in [0.15, 0.2) is 46.5 Å². The van der Waals surface area contributed by atoms with Crippen molar-refractivity contribution >= 4 is 23.4 Å². The Bertz CT molecular complexity index is 693. The van der Waals surface area contributed by atoms with E-state index in [1.807, 2.05) is 0 Å². The molecule has 8 heteroatoms. The van der Waals surface area contributed by atoms with Crippen LogP contribution < -0.4 is 0 Å². The van der Waals surface area contributed by atoms with Crippen molar-refractivity contribution in [2.75, 3.05) is 0 Å². The molecule has 2 aromatic rings. The summed E-state index contributed by atoms with van der Waals surface area (Å²) in [4.78, 5) is 24.8. The molecule has 0 fully saturated rings. The van der Waals surface area contributed by atoms with E-state index in [4.69, 9.17) is 5.11 Å². The molecule has 102 valence electrons. The number of rotatable bonds is 4. The molecule has 0 saturated heterocycles. The summed E-state index contributed by atoms with van der Waals surface area (Å²) in [5.74, 6) is -1.87. The maximum Gasteiger partial charge on any atom is 0.335 e. The smallest absolute Gasteiger partial charge is 0.335 e. The lowest BCUT2D eigenvalue weighted by molar-refractivity contribution is -0.388. The molecule has 0 aliphatic rings. The van der Waals surface area contributed by atoms with E-state index < -0.39 is 16.7 Å². The molecule has 0 spiro atoms. The van der Waals surface area contributed by atoms with Crippen molar-refractivity contribution < 1.29 is 19.2 Å². The molecule has 1 heterocycles. The number of aromatic carboxylic acids is 1. The Morgan fingerprint density at radius 3 is 2.80 bits per heavy atom. The fourth-order valence-corrected chi connectivity index (χ4v) is 2.34. The van der Waals surface area contributed by atoms with E-state index in [1.54, 1.807) is 0 Å². The van der Waals surface area contributed by atoms with Crippen LogP contribution in [0.1, 0.15) is 10.4 Å². The number of halogens is 1. The summed E-state index contributed by atoms with van der Waals surface area (Å²) >= 11 is 0.710. The van der Waals surface area contributed by atoms with Crippen molar-refractivity contribution in [2.24, 2.45) is 0 Å². The molecule has 0 aliphatic carbocycles. The van der Waals surface area contributed by atoms with Gasteiger partial charge in [-0.1, -0.05) is 11.8 Å². The third kappa shape index (κ3) is 2.91. The van der Waals surface area contributed by atoms with Crippen LogP contribution >= 0.6 is 11.8 Å². The Hall–Kier alpha value is -2.48. The van der Waals surface area contributed by atoms with Gasteiger partial charge in [0.05, 0.1) is 15.4 Å². The summed E-state index contributed by atoms with van der Waals surface area (Å²) in [5.41, 5.74) is -0.370. The van der Waals surface area contributed by atoms with Crippen LogP contribution in [-0.4, -0.2) is 21.0 Å². The Morgan fingerprint density at radius 1 is 1.40 bits per heavy atom. The van der Waals surface area contributed by atoms with Crippen LogP contribution in [-0.2, 0) is 0 Å². The van der Waals surface area contributed by atoms with Crippen molar-refractivity contribution in [3.8, 4) is 0 Å². The van der Waals surface area contributed by atoms with Crippen molar-refractivity contribution in [3.05, 3.63) is 58.0 Å². The van der Waals surface area contributed by atoms with Gasteiger partial charge in [0.15, 0.2) is 5.03 Å². The Labute approximate surface area is 116 Å². The highest BCUT2D eigenvalue weighted by molar-refractivity contribution is 7.99. The van der Waals surface area contributed by atoms with Gasteiger partial charge in [-0.3, -0.25) is 10.1 Å². The molecule has 0 radical (unpaired) electrons. The minimum Gasteiger partial charge on any atom is -0.478 e. The number of nitrogens with zero attached hydrogens (tertiary/aromatic N) is 2. The second-order valence-corrected chi connectivity index (χ2v) is 4.67. The maximum atomic E-state index is 13.6. The highest BCUT2D eigenvalue weighted by Gasteiger charge is 2.18. The molecule has 20 heavy (non-hydrogen) atoms. The standard InChI is InChI=1S/C12H7FN2O4S/c13-8-4-3-7(12(16)17)6-10(8)20-11-9(15(18)19)2-1-5-14-11/h1-6H,(H,16,17). The van der Waals surface area contributed by atoms with E-state index in [0.717, 1.165) is 18.2 Å². The molecule has 6 nitrogen and oxygen atoms in total. The van der Waals surface area contributed by atoms with Gasteiger partial charge in [-0.15, -0.1) is 0 Å². The molecule has 0 aliphatic heterocycles. The highest BCUT2D eigenvalue weighted by atomic mass is 32.2. The van der Waals surface area contributed by atoms with Crippen LogP contribution in [0.25, 0.3) is 0 Å². The number of pyridine rings is 1. The Morgan fingerprint density at radius 2 is 2.15 bits per heavy atom. The van der Waals surface area contributed by atoms with E-state index >= 15 is 0 Å². The van der Waals surface area contributed by atoms with Gasteiger partial charge in [0, 0.05) is 12.3 Å². The molecule has 0 unspecified atom stereocenters. The second kappa shape index (κ2) is 5.66. The molecule has 0 bridgehead atoms. The average Bonchev–Trinajstić information content (AvgIpc) is 2.41. The maximum absolute atomic E-state index is 13.6. The molecular weight excluding hydrogens is 287 g/mol. The zero-order valence-electron chi connectivity index (χ0n) is 9.82. The predicted octanol–water partition coefficient (Wildman–Crippen LogP) is 2.98. The normalized spacial score (nSPS) is 10.2. The Kier molecular flexibility index (Phi) is 3.94. The van der Waals surface area contributed by atoms with Crippen LogP contribution in [0.5, 0.6) is 0 Å². The van der Waals surface area contributed by atoms with Crippen LogP contribution in [0.4, 0.5) is 10.1 Å². The zero-order chi connectivity index (χ0) is 14.7. The van der Waals surface area contributed by atoms with Crippen LogP contribution in [0.3, 0.4) is 0 Å². The largest absolute Gasteiger partial charge is 0.478 e. The van der Waals surface area contributed by atoms with Crippen LogP contribution in [0.2, 0.25) is 0 Å². The van der Waals surface area contributed by atoms with Gasteiger partial charge in [0.2, 0.25) is 0 Å². The van der Waals surface area contributed by atoms with Gasteiger partial charge >= 0.3 is 11.7 Å². The molecule has 0 atom stereocenters. The summed E-state index contributed by atoms with van der Waals surface area (Å²) in [6.45, 7) is 0. The number of carboxylic acid groups (broad SMARTS) is 1. The van der Waals surface area contributed by atoms with Crippen LogP contribution in [0, 0.1) is 15.9 Å². The summed E-state index contributed by atoms with van der Waals surface area (Å²) in [6, 6.07) is 5.87. The van der Waals surface area contributed by atoms with Gasteiger partial charge < -0.3 is 5.11 Å². The first kappa shape index (κ1) is 13.9. The third-order valence-electron chi connectivity index (χ3n) is 2.33. The molecule has 1 aromatic carbocycles.